The maximum Gasteiger partial charge on any atom is 0.341 e. The van der Waals surface area contributed by atoms with E-state index in [1.54, 1.807) is 6.92 Å². The number of ether oxygens (including phenoxy) is 2. The highest BCUT2D eigenvalue weighted by molar-refractivity contribution is 7.15. The van der Waals surface area contributed by atoms with Crippen molar-refractivity contribution in [1.82, 2.24) is 0 Å². The van der Waals surface area contributed by atoms with E-state index in [1.165, 1.54) is 11.3 Å². The van der Waals surface area contributed by atoms with E-state index in [0.29, 0.717) is 22.7 Å². The van der Waals surface area contributed by atoms with Crippen molar-refractivity contribution < 1.29 is 29.0 Å². The van der Waals surface area contributed by atoms with Gasteiger partial charge in [-0.05, 0) is 62.6 Å². The Morgan fingerprint density at radius 3 is 2.38 bits per heavy atom. The van der Waals surface area contributed by atoms with E-state index >= 15 is 0 Å². The van der Waals surface area contributed by atoms with Crippen molar-refractivity contribution in [1.29, 1.82) is 0 Å². The number of benzene rings is 1. The van der Waals surface area contributed by atoms with E-state index in [9.17, 15) is 19.5 Å². The third-order valence-corrected chi connectivity index (χ3v) is 7.38. The summed E-state index contributed by atoms with van der Waals surface area (Å²) in [6.07, 6.45) is 2.52. The van der Waals surface area contributed by atoms with Crippen molar-refractivity contribution in [3.63, 3.8) is 0 Å². The van der Waals surface area contributed by atoms with Crippen LogP contribution in [0.2, 0.25) is 0 Å². The zero-order chi connectivity index (χ0) is 22.8. The molecular formula is C24H27NO6S. The summed E-state index contributed by atoms with van der Waals surface area (Å²) in [6.45, 7) is 4.40. The minimum absolute atomic E-state index is 0.0560. The molecule has 4 unspecified atom stereocenters. The molecule has 1 aromatic carbocycles. The SMILES string of the molecule is CCOC(=O)c1c(-c2ccc(OCC)cc2)csc1NC(=O)C1C2CCC(C2)C1C(=O)O. The summed E-state index contributed by atoms with van der Waals surface area (Å²) in [5, 5.41) is 14.8. The summed E-state index contributed by atoms with van der Waals surface area (Å²) in [5.74, 6) is -2.12. The Hall–Kier alpha value is -2.87. The molecule has 2 aromatic rings. The van der Waals surface area contributed by atoms with Gasteiger partial charge in [0.05, 0.1) is 25.0 Å². The highest BCUT2D eigenvalue weighted by Crippen LogP contribution is 2.53. The van der Waals surface area contributed by atoms with Crippen LogP contribution in [0.25, 0.3) is 11.1 Å². The quantitative estimate of drug-likeness (QED) is 0.558. The molecule has 32 heavy (non-hydrogen) atoms. The molecule has 2 saturated carbocycles. The predicted molar refractivity (Wildman–Crippen MR) is 121 cm³/mol. The van der Waals surface area contributed by atoms with Gasteiger partial charge in [0.25, 0.3) is 0 Å². The lowest BCUT2D eigenvalue weighted by Gasteiger charge is -2.27. The third kappa shape index (κ3) is 4.11. The summed E-state index contributed by atoms with van der Waals surface area (Å²) < 4.78 is 10.8. The Bertz CT molecular complexity index is 1010. The number of thiophene rings is 1. The first-order valence-electron chi connectivity index (χ1n) is 11.0. The lowest BCUT2D eigenvalue weighted by Crippen LogP contribution is -2.37. The third-order valence-electron chi connectivity index (χ3n) is 6.49. The molecule has 1 amide bonds. The molecule has 8 heteroatoms. The molecule has 4 rings (SSSR count). The topological polar surface area (TPSA) is 102 Å². The maximum absolute atomic E-state index is 13.2. The Morgan fingerprint density at radius 2 is 1.75 bits per heavy atom. The van der Waals surface area contributed by atoms with Gasteiger partial charge < -0.3 is 19.9 Å². The van der Waals surface area contributed by atoms with Gasteiger partial charge in [-0.3, -0.25) is 9.59 Å². The minimum Gasteiger partial charge on any atom is -0.494 e. The second-order valence-corrected chi connectivity index (χ2v) is 9.12. The van der Waals surface area contributed by atoms with Gasteiger partial charge in [-0.25, -0.2) is 4.79 Å². The number of anilines is 1. The molecule has 1 heterocycles. The average Bonchev–Trinajstić information content (AvgIpc) is 3.49. The van der Waals surface area contributed by atoms with Crippen LogP contribution in [0.4, 0.5) is 5.00 Å². The van der Waals surface area contributed by atoms with Gasteiger partial charge in [-0.2, -0.15) is 0 Å². The van der Waals surface area contributed by atoms with E-state index < -0.39 is 23.8 Å². The van der Waals surface area contributed by atoms with E-state index in [0.717, 1.165) is 30.6 Å². The molecular weight excluding hydrogens is 430 g/mol. The number of hydrogen-bond acceptors (Lipinski definition) is 6. The smallest absolute Gasteiger partial charge is 0.341 e. The minimum atomic E-state index is -0.913. The van der Waals surface area contributed by atoms with Crippen molar-refractivity contribution >= 4 is 34.2 Å². The Balaban J connectivity index is 1.63. The van der Waals surface area contributed by atoms with Gasteiger partial charge in [-0.15, -0.1) is 11.3 Å². The summed E-state index contributed by atoms with van der Waals surface area (Å²) in [7, 11) is 0. The molecule has 7 nitrogen and oxygen atoms in total. The Labute approximate surface area is 190 Å². The largest absolute Gasteiger partial charge is 0.494 e. The Morgan fingerprint density at radius 1 is 1.06 bits per heavy atom. The van der Waals surface area contributed by atoms with Crippen LogP contribution < -0.4 is 10.1 Å². The number of hydrogen-bond donors (Lipinski definition) is 2. The van der Waals surface area contributed by atoms with E-state index in [-0.39, 0.29) is 24.3 Å². The second kappa shape index (κ2) is 9.32. The highest BCUT2D eigenvalue weighted by atomic mass is 32.1. The number of rotatable bonds is 8. The van der Waals surface area contributed by atoms with Crippen molar-refractivity contribution in [2.75, 3.05) is 18.5 Å². The fourth-order valence-corrected chi connectivity index (χ4v) is 6.15. The van der Waals surface area contributed by atoms with Crippen molar-refractivity contribution in [3.8, 4) is 16.9 Å². The molecule has 2 fully saturated rings. The van der Waals surface area contributed by atoms with Crippen LogP contribution in [-0.4, -0.2) is 36.2 Å². The first-order valence-corrected chi connectivity index (χ1v) is 11.9. The maximum atomic E-state index is 13.2. The number of esters is 1. The van der Waals surface area contributed by atoms with Crippen LogP contribution in [0.15, 0.2) is 29.6 Å². The van der Waals surface area contributed by atoms with Gasteiger partial charge in [0.1, 0.15) is 16.3 Å². The van der Waals surface area contributed by atoms with Gasteiger partial charge in [0.15, 0.2) is 0 Å². The van der Waals surface area contributed by atoms with Gasteiger partial charge in [0, 0.05) is 10.9 Å². The van der Waals surface area contributed by atoms with Crippen LogP contribution in [0, 0.1) is 23.7 Å². The first-order chi connectivity index (χ1) is 15.4. The van der Waals surface area contributed by atoms with Gasteiger partial charge in [-0.1, -0.05) is 12.1 Å². The van der Waals surface area contributed by atoms with Crippen LogP contribution in [0.3, 0.4) is 0 Å². The summed E-state index contributed by atoms with van der Waals surface area (Å²) in [6, 6.07) is 7.38. The van der Waals surface area contributed by atoms with Gasteiger partial charge in [0.2, 0.25) is 5.91 Å². The molecule has 4 atom stereocenters. The summed E-state index contributed by atoms with van der Waals surface area (Å²) in [4.78, 5) is 37.8. The summed E-state index contributed by atoms with van der Waals surface area (Å²) in [5.41, 5.74) is 1.76. The normalized spacial score (nSPS) is 23.7. The highest BCUT2D eigenvalue weighted by Gasteiger charge is 2.54. The van der Waals surface area contributed by atoms with E-state index in [1.807, 2.05) is 36.6 Å². The monoisotopic (exact) mass is 457 g/mol. The average molecular weight is 458 g/mol. The zero-order valence-electron chi connectivity index (χ0n) is 18.1. The molecule has 0 radical (unpaired) electrons. The molecule has 2 bridgehead atoms. The van der Waals surface area contributed by atoms with Crippen LogP contribution in [0.5, 0.6) is 5.75 Å². The van der Waals surface area contributed by atoms with Crippen LogP contribution in [0.1, 0.15) is 43.5 Å². The number of carboxylic acids is 1. The fraction of sp³-hybridized carbons (Fsp3) is 0.458. The molecule has 170 valence electrons. The number of carboxylic acid groups (broad SMARTS) is 1. The lowest BCUT2D eigenvalue weighted by molar-refractivity contribution is -0.148. The number of carbonyl (C=O) groups excluding carboxylic acids is 2. The van der Waals surface area contributed by atoms with Crippen molar-refractivity contribution in [2.45, 2.75) is 33.1 Å². The van der Waals surface area contributed by atoms with Crippen LogP contribution in [-0.2, 0) is 14.3 Å². The summed E-state index contributed by atoms with van der Waals surface area (Å²) >= 11 is 1.24. The fourth-order valence-electron chi connectivity index (χ4n) is 5.18. The first kappa shape index (κ1) is 22.3. The van der Waals surface area contributed by atoms with Crippen molar-refractivity contribution in [2.24, 2.45) is 23.7 Å². The lowest BCUT2D eigenvalue weighted by atomic mass is 9.79. The molecule has 2 aliphatic rings. The number of nitrogens with one attached hydrogen (secondary N) is 1. The second-order valence-electron chi connectivity index (χ2n) is 8.24. The number of amides is 1. The molecule has 2 aliphatic carbocycles. The number of aliphatic carboxylic acids is 1. The van der Waals surface area contributed by atoms with Crippen LogP contribution >= 0.6 is 11.3 Å². The number of fused-ring (bicyclic) bond motifs is 2. The van der Waals surface area contributed by atoms with E-state index in [4.69, 9.17) is 9.47 Å². The zero-order valence-corrected chi connectivity index (χ0v) is 18.9. The molecule has 1 aromatic heterocycles. The standard InChI is InChI=1S/C24H27NO6S/c1-3-30-16-9-7-13(8-10-16)17-12-32-22(20(17)24(29)31-4-2)25-21(26)18-14-5-6-15(11-14)19(18)23(27)28/h7-10,12,14-15,18-19H,3-6,11H2,1-2H3,(H,25,26)(H,27,28). The predicted octanol–water partition coefficient (Wildman–Crippen LogP) is 4.68. The van der Waals surface area contributed by atoms with Gasteiger partial charge >= 0.3 is 11.9 Å². The molecule has 0 aliphatic heterocycles. The van der Waals surface area contributed by atoms with Crippen molar-refractivity contribution in [3.05, 3.63) is 35.2 Å². The molecule has 0 saturated heterocycles. The van der Waals surface area contributed by atoms with E-state index in [2.05, 4.69) is 5.32 Å². The number of carbonyl (C=O) groups is 3. The Kier molecular flexibility index (Phi) is 6.50. The molecule has 2 N–H and O–H groups in total. The molecule has 0 spiro atoms.